The van der Waals surface area contributed by atoms with Crippen molar-refractivity contribution in [1.29, 1.82) is 0 Å². The maximum Gasteiger partial charge on any atom is 0.251 e. The normalized spacial score (nSPS) is 15.9. The minimum Gasteiger partial charge on any atom is -0.383 e. The number of carbonyl (C=O) groups excluding carboxylic acids is 1. The Bertz CT molecular complexity index is 429. The Morgan fingerprint density at radius 1 is 1.33 bits per heavy atom. The van der Waals surface area contributed by atoms with Crippen LogP contribution < -0.4 is 5.32 Å². The number of carbonyl (C=O) groups is 1. The summed E-state index contributed by atoms with van der Waals surface area (Å²) in [5.41, 5.74) is 3.51. The van der Waals surface area contributed by atoms with Crippen molar-refractivity contribution >= 4 is 5.91 Å². The molecule has 1 aromatic carbocycles. The van der Waals surface area contributed by atoms with E-state index in [1.54, 1.807) is 7.11 Å². The van der Waals surface area contributed by atoms with Gasteiger partial charge < -0.3 is 10.1 Å². The fraction of sp³-hybridized carbons (Fsp3) is 0.533. The molecule has 0 aliphatic heterocycles. The van der Waals surface area contributed by atoms with Crippen molar-refractivity contribution in [2.24, 2.45) is 0 Å². The van der Waals surface area contributed by atoms with Crippen molar-refractivity contribution in [1.82, 2.24) is 5.32 Å². The second-order valence-corrected chi connectivity index (χ2v) is 5.02. The lowest BCUT2D eigenvalue weighted by atomic mass is 9.90. The molecule has 0 saturated carbocycles. The smallest absolute Gasteiger partial charge is 0.251 e. The first-order valence-corrected chi connectivity index (χ1v) is 6.62. The molecule has 2 rings (SSSR count). The predicted molar refractivity (Wildman–Crippen MR) is 71.9 cm³/mol. The van der Waals surface area contributed by atoms with E-state index >= 15 is 0 Å². The van der Waals surface area contributed by atoms with Crippen LogP contribution in [0.5, 0.6) is 0 Å². The summed E-state index contributed by atoms with van der Waals surface area (Å²) in [5, 5.41) is 2.94. The van der Waals surface area contributed by atoms with Gasteiger partial charge in [0.25, 0.3) is 5.91 Å². The molecule has 0 saturated heterocycles. The first-order chi connectivity index (χ1) is 8.70. The summed E-state index contributed by atoms with van der Waals surface area (Å²) in [6, 6.07) is 6.12. The molecule has 0 radical (unpaired) electrons. The van der Waals surface area contributed by atoms with E-state index in [2.05, 4.69) is 11.4 Å². The number of hydrogen-bond donors (Lipinski definition) is 1. The van der Waals surface area contributed by atoms with Crippen LogP contribution in [0.2, 0.25) is 0 Å². The molecule has 3 nitrogen and oxygen atoms in total. The molecular weight excluding hydrogens is 226 g/mol. The molecule has 1 N–H and O–H groups in total. The number of aryl methyl sites for hydroxylation is 2. The molecule has 1 aliphatic rings. The van der Waals surface area contributed by atoms with Crippen LogP contribution in [0.1, 0.15) is 41.3 Å². The molecule has 98 valence electrons. The molecule has 18 heavy (non-hydrogen) atoms. The Morgan fingerprint density at radius 3 is 2.78 bits per heavy atom. The molecule has 0 fully saturated rings. The summed E-state index contributed by atoms with van der Waals surface area (Å²) in [6.45, 7) is 2.48. The number of rotatable bonds is 4. The van der Waals surface area contributed by atoms with Crippen LogP contribution in [0.25, 0.3) is 0 Å². The highest BCUT2D eigenvalue weighted by atomic mass is 16.5. The van der Waals surface area contributed by atoms with Gasteiger partial charge in [0, 0.05) is 18.7 Å². The first kappa shape index (κ1) is 13.1. The second-order valence-electron chi connectivity index (χ2n) is 5.02. The van der Waals surface area contributed by atoms with Crippen molar-refractivity contribution in [3.05, 3.63) is 34.9 Å². The molecule has 1 aliphatic carbocycles. The zero-order chi connectivity index (χ0) is 13.0. The second kappa shape index (κ2) is 6.01. The van der Waals surface area contributed by atoms with Crippen LogP contribution in [0.3, 0.4) is 0 Å². The fourth-order valence-corrected chi connectivity index (χ4v) is 2.47. The van der Waals surface area contributed by atoms with Crippen LogP contribution in [0.4, 0.5) is 0 Å². The molecule has 1 atom stereocenters. The molecule has 3 heteroatoms. The molecular formula is C15H21NO2. The van der Waals surface area contributed by atoms with Crippen molar-refractivity contribution < 1.29 is 9.53 Å². The number of benzene rings is 1. The molecule has 0 spiro atoms. The standard InChI is InChI=1S/C15H21NO2/c1-11(10-18-2)16-15(17)14-8-7-12-5-3-4-6-13(12)9-14/h7-9,11H,3-6,10H2,1-2H3,(H,16,17)/t11-/m0/s1. The topological polar surface area (TPSA) is 38.3 Å². The van der Waals surface area contributed by atoms with Gasteiger partial charge in [0.2, 0.25) is 0 Å². The van der Waals surface area contributed by atoms with Crippen LogP contribution in [0.15, 0.2) is 18.2 Å². The van der Waals surface area contributed by atoms with Crippen LogP contribution in [-0.4, -0.2) is 25.7 Å². The van der Waals surface area contributed by atoms with Crippen molar-refractivity contribution in [2.45, 2.75) is 38.6 Å². The van der Waals surface area contributed by atoms with E-state index in [1.807, 2.05) is 19.1 Å². The molecule has 0 unspecified atom stereocenters. The van der Waals surface area contributed by atoms with Gasteiger partial charge in [-0.2, -0.15) is 0 Å². The van der Waals surface area contributed by atoms with Gasteiger partial charge in [0.05, 0.1) is 6.61 Å². The zero-order valence-electron chi connectivity index (χ0n) is 11.2. The third-order valence-corrected chi connectivity index (χ3v) is 3.40. The quantitative estimate of drug-likeness (QED) is 0.886. The molecule has 0 aromatic heterocycles. The molecule has 0 heterocycles. The molecule has 1 aromatic rings. The first-order valence-electron chi connectivity index (χ1n) is 6.62. The number of nitrogens with one attached hydrogen (secondary N) is 1. The average Bonchev–Trinajstić information content (AvgIpc) is 2.38. The largest absolute Gasteiger partial charge is 0.383 e. The highest BCUT2D eigenvalue weighted by Crippen LogP contribution is 2.22. The monoisotopic (exact) mass is 247 g/mol. The highest BCUT2D eigenvalue weighted by Gasteiger charge is 2.14. The van der Waals surface area contributed by atoms with E-state index in [4.69, 9.17) is 4.74 Å². The summed E-state index contributed by atoms with van der Waals surface area (Å²) in [6.07, 6.45) is 4.75. The fourth-order valence-electron chi connectivity index (χ4n) is 2.47. The van der Waals surface area contributed by atoms with Gasteiger partial charge >= 0.3 is 0 Å². The molecule has 1 amide bonds. The summed E-state index contributed by atoms with van der Waals surface area (Å²) in [5.74, 6) is -0.00655. The Labute approximate surface area is 109 Å². The number of amides is 1. The van der Waals surface area contributed by atoms with Crippen LogP contribution >= 0.6 is 0 Å². The minimum atomic E-state index is -0.00655. The van der Waals surface area contributed by atoms with E-state index < -0.39 is 0 Å². The van der Waals surface area contributed by atoms with E-state index in [-0.39, 0.29) is 11.9 Å². The van der Waals surface area contributed by atoms with Crippen molar-refractivity contribution in [3.8, 4) is 0 Å². The number of fused-ring (bicyclic) bond motifs is 1. The van der Waals surface area contributed by atoms with Crippen molar-refractivity contribution in [2.75, 3.05) is 13.7 Å². The van der Waals surface area contributed by atoms with Gasteiger partial charge in [-0.1, -0.05) is 6.07 Å². The van der Waals surface area contributed by atoms with E-state index in [9.17, 15) is 4.79 Å². The summed E-state index contributed by atoms with van der Waals surface area (Å²) in [4.78, 5) is 12.0. The highest BCUT2D eigenvalue weighted by molar-refractivity contribution is 5.94. The van der Waals surface area contributed by atoms with Crippen LogP contribution in [-0.2, 0) is 17.6 Å². The zero-order valence-corrected chi connectivity index (χ0v) is 11.2. The van der Waals surface area contributed by atoms with E-state index in [0.29, 0.717) is 6.61 Å². The van der Waals surface area contributed by atoms with Gasteiger partial charge in [-0.05, 0) is 55.9 Å². The Balaban J connectivity index is 2.06. The Hall–Kier alpha value is -1.35. The number of hydrogen-bond acceptors (Lipinski definition) is 2. The van der Waals surface area contributed by atoms with Gasteiger partial charge in [0.15, 0.2) is 0 Å². The predicted octanol–water partition coefficient (Wildman–Crippen LogP) is 2.33. The molecule has 0 bridgehead atoms. The third kappa shape index (κ3) is 3.10. The lowest BCUT2D eigenvalue weighted by molar-refractivity contribution is 0.0905. The van der Waals surface area contributed by atoms with Crippen LogP contribution in [0, 0.1) is 0 Å². The van der Waals surface area contributed by atoms with Gasteiger partial charge in [-0.3, -0.25) is 4.79 Å². The van der Waals surface area contributed by atoms with Gasteiger partial charge in [-0.15, -0.1) is 0 Å². The van der Waals surface area contributed by atoms with Gasteiger partial charge in [-0.25, -0.2) is 0 Å². The number of methoxy groups -OCH3 is 1. The summed E-state index contributed by atoms with van der Waals surface area (Å²) in [7, 11) is 1.64. The minimum absolute atomic E-state index is 0.00655. The van der Waals surface area contributed by atoms with Crippen molar-refractivity contribution in [3.63, 3.8) is 0 Å². The lowest BCUT2D eigenvalue weighted by Gasteiger charge is -2.17. The Morgan fingerprint density at radius 2 is 2.06 bits per heavy atom. The third-order valence-electron chi connectivity index (χ3n) is 3.40. The summed E-state index contributed by atoms with van der Waals surface area (Å²) >= 11 is 0. The lowest BCUT2D eigenvalue weighted by Crippen LogP contribution is -2.35. The van der Waals surface area contributed by atoms with E-state index in [0.717, 1.165) is 18.4 Å². The van der Waals surface area contributed by atoms with E-state index in [1.165, 1.54) is 24.0 Å². The Kier molecular flexibility index (Phi) is 4.37. The van der Waals surface area contributed by atoms with Gasteiger partial charge in [0.1, 0.15) is 0 Å². The SMILES string of the molecule is COC[C@H](C)NC(=O)c1ccc2c(c1)CCCC2. The number of ether oxygens (including phenoxy) is 1. The maximum absolute atomic E-state index is 12.0. The maximum atomic E-state index is 12.0. The average molecular weight is 247 g/mol. The summed E-state index contributed by atoms with van der Waals surface area (Å²) < 4.78 is 5.02.